The Balaban J connectivity index is 1.67. The maximum absolute atomic E-state index is 12.2. The highest BCUT2D eigenvalue weighted by Gasteiger charge is 2.17. The molecule has 0 atom stereocenters. The summed E-state index contributed by atoms with van der Waals surface area (Å²) in [5.41, 5.74) is 1.00. The Hall–Kier alpha value is -3.75. The van der Waals surface area contributed by atoms with Gasteiger partial charge < -0.3 is 24.3 Å². The lowest BCUT2D eigenvalue weighted by molar-refractivity contribution is -0.118. The summed E-state index contributed by atoms with van der Waals surface area (Å²) >= 11 is 0. The van der Waals surface area contributed by atoms with Crippen molar-refractivity contribution in [3.63, 3.8) is 0 Å². The number of hydrogen-bond donors (Lipinski definition) is 1. The first-order chi connectivity index (χ1) is 13.6. The minimum Gasteiger partial charge on any atom is -0.497 e. The molecule has 1 aromatic heterocycles. The summed E-state index contributed by atoms with van der Waals surface area (Å²) in [6.07, 6.45) is 0. The van der Waals surface area contributed by atoms with E-state index in [0.29, 0.717) is 34.3 Å². The number of aromatic nitrogens is 2. The summed E-state index contributed by atoms with van der Waals surface area (Å²) in [5, 5.41) is 10.2. The fraction of sp³-hybridized carbons (Fsp3) is 0.211. The van der Waals surface area contributed by atoms with Crippen LogP contribution < -0.4 is 24.3 Å². The van der Waals surface area contributed by atoms with E-state index in [9.17, 15) is 4.79 Å². The summed E-state index contributed by atoms with van der Waals surface area (Å²) in [5.74, 6) is 2.09. The van der Waals surface area contributed by atoms with Gasteiger partial charge in [0.15, 0.2) is 23.8 Å². The van der Waals surface area contributed by atoms with E-state index < -0.39 is 5.91 Å². The minimum atomic E-state index is -0.409. The first kappa shape index (κ1) is 19.0. The van der Waals surface area contributed by atoms with Crippen molar-refractivity contribution in [3.05, 3.63) is 42.5 Å². The molecule has 0 bridgehead atoms. The smallest absolute Gasteiger partial charge is 0.263 e. The number of methoxy groups -OCH3 is 3. The molecule has 0 spiro atoms. The molecule has 3 aromatic rings. The largest absolute Gasteiger partial charge is 0.497 e. The maximum atomic E-state index is 12.2. The molecule has 1 heterocycles. The second kappa shape index (κ2) is 8.76. The summed E-state index contributed by atoms with van der Waals surface area (Å²) in [7, 11) is 4.65. The molecule has 146 valence electrons. The first-order valence-corrected chi connectivity index (χ1v) is 8.26. The minimum absolute atomic E-state index is 0.176. The molecule has 0 aliphatic carbocycles. The molecule has 0 radical (unpaired) electrons. The molecule has 0 fully saturated rings. The molecular weight excluding hydrogens is 366 g/mol. The van der Waals surface area contributed by atoms with E-state index >= 15 is 0 Å². The van der Waals surface area contributed by atoms with E-state index in [2.05, 4.69) is 15.6 Å². The van der Waals surface area contributed by atoms with Crippen molar-refractivity contribution in [2.24, 2.45) is 0 Å². The van der Waals surface area contributed by atoms with Crippen LogP contribution in [0.15, 0.2) is 47.1 Å². The summed E-state index contributed by atoms with van der Waals surface area (Å²) < 4.78 is 25.8. The van der Waals surface area contributed by atoms with E-state index in [-0.39, 0.29) is 12.4 Å². The van der Waals surface area contributed by atoms with Crippen LogP contribution in [0.5, 0.6) is 23.0 Å². The fourth-order valence-corrected chi connectivity index (χ4v) is 2.43. The zero-order valence-corrected chi connectivity index (χ0v) is 15.6. The molecule has 9 heteroatoms. The molecule has 0 saturated heterocycles. The van der Waals surface area contributed by atoms with Crippen LogP contribution in [0.4, 0.5) is 5.82 Å². The van der Waals surface area contributed by atoms with Crippen molar-refractivity contribution >= 4 is 11.7 Å². The normalized spacial score (nSPS) is 10.2. The number of benzene rings is 2. The van der Waals surface area contributed by atoms with E-state index in [1.165, 1.54) is 7.11 Å². The van der Waals surface area contributed by atoms with Gasteiger partial charge in [0.05, 0.1) is 21.3 Å². The lowest BCUT2D eigenvalue weighted by Gasteiger charge is -2.09. The Morgan fingerprint density at radius 3 is 2.32 bits per heavy atom. The Morgan fingerprint density at radius 1 is 0.929 bits per heavy atom. The fourth-order valence-electron chi connectivity index (χ4n) is 2.43. The van der Waals surface area contributed by atoms with Gasteiger partial charge in [-0.15, -0.1) is 0 Å². The maximum Gasteiger partial charge on any atom is 0.263 e. The van der Waals surface area contributed by atoms with Crippen LogP contribution in [0.3, 0.4) is 0 Å². The zero-order valence-electron chi connectivity index (χ0n) is 15.6. The molecule has 9 nitrogen and oxygen atoms in total. The second-order valence-electron chi connectivity index (χ2n) is 5.54. The van der Waals surface area contributed by atoms with Gasteiger partial charge in [-0.2, -0.15) is 0 Å². The zero-order chi connectivity index (χ0) is 19.9. The van der Waals surface area contributed by atoms with Crippen LogP contribution in [-0.2, 0) is 4.79 Å². The predicted molar refractivity (Wildman–Crippen MR) is 100.0 cm³/mol. The molecule has 0 saturated carbocycles. The molecule has 2 aromatic carbocycles. The highest BCUT2D eigenvalue weighted by molar-refractivity contribution is 5.94. The summed E-state index contributed by atoms with van der Waals surface area (Å²) in [6, 6.07) is 12.1. The van der Waals surface area contributed by atoms with Gasteiger partial charge in [-0.3, -0.25) is 4.79 Å². The van der Waals surface area contributed by atoms with Gasteiger partial charge in [-0.1, -0.05) is 0 Å². The number of anilines is 1. The number of ether oxygens (including phenoxy) is 4. The van der Waals surface area contributed by atoms with Crippen molar-refractivity contribution in [2.75, 3.05) is 33.3 Å². The van der Waals surface area contributed by atoms with Crippen molar-refractivity contribution in [2.45, 2.75) is 0 Å². The van der Waals surface area contributed by atoms with Crippen LogP contribution in [0.1, 0.15) is 0 Å². The average molecular weight is 385 g/mol. The van der Waals surface area contributed by atoms with Gasteiger partial charge >= 0.3 is 0 Å². The molecule has 1 amide bonds. The SMILES string of the molecule is COc1ccc(OCC(=O)Nc2nonc2-c2ccc(OC)c(OC)c2)cc1. The number of amides is 1. The van der Waals surface area contributed by atoms with Gasteiger partial charge in [-0.05, 0) is 52.8 Å². The molecule has 0 unspecified atom stereocenters. The molecular formula is C19H19N3O6. The third-order valence-electron chi connectivity index (χ3n) is 3.83. The van der Waals surface area contributed by atoms with Gasteiger partial charge in [-0.25, -0.2) is 4.63 Å². The molecule has 3 rings (SSSR count). The van der Waals surface area contributed by atoms with Crippen molar-refractivity contribution in [1.82, 2.24) is 10.3 Å². The van der Waals surface area contributed by atoms with E-state index in [1.807, 2.05) is 0 Å². The number of hydrogen-bond acceptors (Lipinski definition) is 8. The number of rotatable bonds is 8. The third-order valence-corrected chi connectivity index (χ3v) is 3.83. The monoisotopic (exact) mass is 385 g/mol. The predicted octanol–water partition coefficient (Wildman–Crippen LogP) is 2.78. The Bertz CT molecular complexity index is 939. The lowest BCUT2D eigenvalue weighted by atomic mass is 10.1. The average Bonchev–Trinajstić information content (AvgIpc) is 3.20. The van der Waals surface area contributed by atoms with Gasteiger partial charge in [0.2, 0.25) is 5.82 Å². The highest BCUT2D eigenvalue weighted by atomic mass is 16.6. The van der Waals surface area contributed by atoms with Crippen LogP contribution in [0.2, 0.25) is 0 Å². The van der Waals surface area contributed by atoms with Crippen LogP contribution in [0.25, 0.3) is 11.3 Å². The van der Waals surface area contributed by atoms with Gasteiger partial charge in [0.1, 0.15) is 11.5 Å². The Labute approximate surface area is 161 Å². The summed E-state index contributed by atoms with van der Waals surface area (Å²) in [4.78, 5) is 12.2. The number of carbonyl (C=O) groups is 1. The number of nitrogens with zero attached hydrogens (tertiary/aromatic N) is 2. The molecule has 0 aliphatic heterocycles. The molecule has 0 aliphatic rings. The van der Waals surface area contributed by atoms with Crippen LogP contribution in [0, 0.1) is 0 Å². The lowest BCUT2D eigenvalue weighted by Crippen LogP contribution is -2.20. The van der Waals surface area contributed by atoms with Crippen molar-refractivity contribution in [1.29, 1.82) is 0 Å². The van der Waals surface area contributed by atoms with E-state index in [1.54, 1.807) is 56.7 Å². The van der Waals surface area contributed by atoms with Crippen molar-refractivity contribution in [3.8, 4) is 34.3 Å². The van der Waals surface area contributed by atoms with Gasteiger partial charge in [0.25, 0.3) is 5.91 Å². The Morgan fingerprint density at radius 2 is 1.64 bits per heavy atom. The molecule has 28 heavy (non-hydrogen) atoms. The molecule has 1 N–H and O–H groups in total. The van der Waals surface area contributed by atoms with Crippen molar-refractivity contribution < 1.29 is 28.4 Å². The number of carbonyl (C=O) groups excluding carboxylic acids is 1. The van der Waals surface area contributed by atoms with E-state index in [4.69, 9.17) is 23.6 Å². The number of nitrogens with one attached hydrogen (secondary N) is 1. The highest BCUT2D eigenvalue weighted by Crippen LogP contribution is 2.33. The topological polar surface area (TPSA) is 105 Å². The van der Waals surface area contributed by atoms with Crippen LogP contribution in [-0.4, -0.2) is 44.2 Å². The second-order valence-corrected chi connectivity index (χ2v) is 5.54. The summed E-state index contributed by atoms with van der Waals surface area (Å²) in [6.45, 7) is -0.204. The van der Waals surface area contributed by atoms with Crippen LogP contribution >= 0.6 is 0 Å². The van der Waals surface area contributed by atoms with E-state index in [0.717, 1.165) is 0 Å². The quantitative estimate of drug-likeness (QED) is 0.631. The third kappa shape index (κ3) is 4.32. The van der Waals surface area contributed by atoms with Gasteiger partial charge in [0, 0.05) is 5.56 Å². The Kier molecular flexibility index (Phi) is 5.95. The standard InChI is InChI=1S/C19H19N3O6/c1-24-13-5-7-14(8-6-13)27-11-17(23)20-19-18(21-28-22-19)12-4-9-15(25-2)16(10-12)26-3/h4-10H,11H2,1-3H3,(H,20,22,23). The first-order valence-electron chi connectivity index (χ1n) is 8.26.